The Hall–Kier alpha value is -2.38. The van der Waals surface area contributed by atoms with Crippen LogP contribution in [0.1, 0.15) is 55.1 Å². The van der Waals surface area contributed by atoms with Gasteiger partial charge in [0.2, 0.25) is 0 Å². The molecule has 0 N–H and O–H groups in total. The van der Waals surface area contributed by atoms with Crippen LogP contribution in [0, 0.1) is 0 Å². The monoisotopic (exact) mass is 454 g/mol. The van der Waals surface area contributed by atoms with Crippen LogP contribution in [0.15, 0.2) is 24.3 Å². The van der Waals surface area contributed by atoms with Gasteiger partial charge in [-0.2, -0.15) is 0 Å². The molecule has 0 radical (unpaired) electrons. The Bertz CT molecular complexity index is 1240. The van der Waals surface area contributed by atoms with E-state index in [1.165, 1.54) is 15.3 Å². The first-order valence-corrected chi connectivity index (χ1v) is 12.4. The van der Waals surface area contributed by atoms with E-state index in [4.69, 9.17) is 14.2 Å². The Morgan fingerprint density at radius 1 is 0.710 bits per heavy atom. The van der Waals surface area contributed by atoms with Gasteiger partial charge < -0.3 is 14.2 Å². The van der Waals surface area contributed by atoms with E-state index >= 15 is 0 Å². The molecule has 7 heteroatoms. The van der Waals surface area contributed by atoms with Crippen LogP contribution >= 0.6 is 22.7 Å². The number of hydrogen-bond acceptors (Lipinski definition) is 7. The molecule has 162 valence electrons. The van der Waals surface area contributed by atoms with Crippen molar-refractivity contribution in [3.8, 4) is 17.2 Å². The van der Waals surface area contributed by atoms with Crippen molar-refractivity contribution in [2.24, 2.45) is 0 Å². The molecule has 2 aliphatic heterocycles. The standard InChI is InChI=1S/C12H13NO2S.C12H13NOS/c1-7(2)12-13-8-3-4-9-10(11(8)16-12)15-6-5-14-9;1-7(2)12-13-9-3-4-10-8(5-6-14-10)11(9)15-12/h3-4,7H,5-6H2,1-2H3;3-4,7H,5-6H2,1-2H3. The summed E-state index contributed by atoms with van der Waals surface area (Å²) in [6.45, 7) is 10.8. The van der Waals surface area contributed by atoms with E-state index in [0.29, 0.717) is 25.0 Å². The van der Waals surface area contributed by atoms with Gasteiger partial charge in [0.1, 0.15) is 23.7 Å². The Labute approximate surface area is 190 Å². The second kappa shape index (κ2) is 8.28. The Kier molecular flexibility index (Phi) is 5.48. The lowest BCUT2D eigenvalue weighted by molar-refractivity contribution is 0.174. The van der Waals surface area contributed by atoms with Crippen molar-refractivity contribution in [2.75, 3.05) is 19.8 Å². The maximum atomic E-state index is 5.68. The van der Waals surface area contributed by atoms with Crippen molar-refractivity contribution >= 4 is 43.1 Å². The van der Waals surface area contributed by atoms with E-state index in [1.54, 1.807) is 11.3 Å². The molecule has 0 spiro atoms. The van der Waals surface area contributed by atoms with E-state index in [-0.39, 0.29) is 0 Å². The number of aromatic nitrogens is 2. The van der Waals surface area contributed by atoms with Crippen molar-refractivity contribution in [1.29, 1.82) is 0 Å². The molecule has 0 bridgehead atoms. The molecule has 5 nitrogen and oxygen atoms in total. The summed E-state index contributed by atoms with van der Waals surface area (Å²) in [4.78, 5) is 9.26. The summed E-state index contributed by atoms with van der Waals surface area (Å²) in [6.07, 6.45) is 1.03. The molecule has 0 aliphatic carbocycles. The number of benzene rings is 2. The van der Waals surface area contributed by atoms with Crippen LogP contribution in [-0.2, 0) is 6.42 Å². The summed E-state index contributed by atoms with van der Waals surface area (Å²) in [5, 5.41) is 2.38. The highest BCUT2D eigenvalue weighted by molar-refractivity contribution is 7.19. The molecule has 0 atom stereocenters. The van der Waals surface area contributed by atoms with Crippen LogP contribution in [0.4, 0.5) is 0 Å². The average molecular weight is 455 g/mol. The quantitative estimate of drug-likeness (QED) is 0.344. The maximum absolute atomic E-state index is 5.68. The first-order valence-electron chi connectivity index (χ1n) is 10.8. The van der Waals surface area contributed by atoms with Crippen molar-refractivity contribution in [3.63, 3.8) is 0 Å². The van der Waals surface area contributed by atoms with Crippen LogP contribution in [0.3, 0.4) is 0 Å². The molecular formula is C24H26N2O3S2. The van der Waals surface area contributed by atoms with Crippen LogP contribution in [-0.4, -0.2) is 29.8 Å². The van der Waals surface area contributed by atoms with Gasteiger partial charge in [0.25, 0.3) is 0 Å². The third-order valence-corrected chi connectivity index (χ3v) is 8.11. The maximum Gasteiger partial charge on any atom is 0.180 e. The fraction of sp³-hybridized carbons (Fsp3) is 0.417. The minimum atomic E-state index is 0.456. The highest BCUT2D eigenvalue weighted by Crippen LogP contribution is 2.42. The summed E-state index contributed by atoms with van der Waals surface area (Å²) < 4.78 is 19.2. The molecule has 2 aliphatic rings. The number of nitrogens with zero attached hydrogens (tertiary/aromatic N) is 2. The van der Waals surface area contributed by atoms with Crippen molar-refractivity contribution < 1.29 is 14.2 Å². The van der Waals surface area contributed by atoms with Gasteiger partial charge in [-0.15, -0.1) is 22.7 Å². The smallest absolute Gasteiger partial charge is 0.180 e. The zero-order chi connectivity index (χ0) is 21.5. The number of rotatable bonds is 2. The van der Waals surface area contributed by atoms with E-state index < -0.39 is 0 Å². The average Bonchev–Trinajstić information content (AvgIpc) is 3.50. The predicted octanol–water partition coefficient (Wildman–Crippen LogP) is 6.55. The lowest BCUT2D eigenvalue weighted by atomic mass is 10.1. The molecule has 0 saturated carbocycles. The third kappa shape index (κ3) is 3.85. The zero-order valence-electron chi connectivity index (χ0n) is 18.2. The number of ether oxygens (including phenoxy) is 3. The number of hydrogen-bond donors (Lipinski definition) is 0. The minimum Gasteiger partial charge on any atom is -0.493 e. The lowest BCUT2D eigenvalue weighted by Gasteiger charge is -2.18. The Morgan fingerprint density at radius 2 is 1.29 bits per heavy atom. The number of fused-ring (bicyclic) bond motifs is 6. The van der Waals surface area contributed by atoms with Gasteiger partial charge in [-0.05, 0) is 24.3 Å². The van der Waals surface area contributed by atoms with Crippen molar-refractivity contribution in [3.05, 3.63) is 39.8 Å². The second-order valence-electron chi connectivity index (χ2n) is 8.34. The predicted molar refractivity (Wildman–Crippen MR) is 128 cm³/mol. The van der Waals surface area contributed by atoms with Gasteiger partial charge in [0.15, 0.2) is 11.5 Å². The van der Waals surface area contributed by atoms with Crippen LogP contribution in [0.5, 0.6) is 17.2 Å². The SMILES string of the molecule is CC(C)c1nc2ccc3c(c2s1)CCO3.CC(C)c1nc2ccc3c(c2s1)OCCO3. The van der Waals surface area contributed by atoms with Gasteiger partial charge in [0.05, 0.1) is 32.4 Å². The summed E-state index contributed by atoms with van der Waals surface area (Å²) in [5.74, 6) is 3.74. The first-order chi connectivity index (χ1) is 15.0. The molecule has 0 unspecified atom stereocenters. The normalized spacial score (nSPS) is 14.6. The molecule has 31 heavy (non-hydrogen) atoms. The molecule has 2 aromatic heterocycles. The van der Waals surface area contributed by atoms with Crippen molar-refractivity contribution in [2.45, 2.75) is 46.0 Å². The molecule has 0 fully saturated rings. The molecule has 6 rings (SSSR count). The Balaban J connectivity index is 0.000000132. The second-order valence-corrected chi connectivity index (χ2v) is 10.4. The van der Waals surface area contributed by atoms with E-state index in [2.05, 4.69) is 49.8 Å². The highest BCUT2D eigenvalue weighted by Gasteiger charge is 2.19. The molecule has 4 heterocycles. The third-order valence-electron chi connectivity index (χ3n) is 5.31. The fourth-order valence-electron chi connectivity index (χ4n) is 3.69. The first kappa shape index (κ1) is 20.5. The van der Waals surface area contributed by atoms with Gasteiger partial charge in [-0.25, -0.2) is 9.97 Å². The Morgan fingerprint density at radius 3 is 2.00 bits per heavy atom. The molecule has 0 saturated heterocycles. The molecule has 2 aromatic carbocycles. The minimum absolute atomic E-state index is 0.456. The zero-order valence-corrected chi connectivity index (χ0v) is 19.9. The van der Waals surface area contributed by atoms with E-state index in [0.717, 1.165) is 51.0 Å². The summed E-state index contributed by atoms with van der Waals surface area (Å²) in [7, 11) is 0. The van der Waals surface area contributed by atoms with E-state index in [9.17, 15) is 0 Å². The van der Waals surface area contributed by atoms with Gasteiger partial charge in [-0.3, -0.25) is 0 Å². The molecular weight excluding hydrogens is 428 g/mol. The summed E-state index contributed by atoms with van der Waals surface area (Å²) in [6, 6.07) is 8.07. The molecule has 4 aromatic rings. The largest absolute Gasteiger partial charge is 0.493 e. The highest BCUT2D eigenvalue weighted by atomic mass is 32.1. The summed E-state index contributed by atoms with van der Waals surface area (Å²) in [5.41, 5.74) is 3.50. The van der Waals surface area contributed by atoms with Crippen LogP contribution < -0.4 is 14.2 Å². The van der Waals surface area contributed by atoms with Crippen LogP contribution in [0.2, 0.25) is 0 Å². The fourth-order valence-corrected chi connectivity index (χ4v) is 5.88. The van der Waals surface area contributed by atoms with Gasteiger partial charge in [0, 0.05) is 23.8 Å². The summed E-state index contributed by atoms with van der Waals surface area (Å²) >= 11 is 3.52. The van der Waals surface area contributed by atoms with Crippen molar-refractivity contribution in [1.82, 2.24) is 9.97 Å². The topological polar surface area (TPSA) is 53.5 Å². The van der Waals surface area contributed by atoms with Gasteiger partial charge >= 0.3 is 0 Å². The molecule has 0 amide bonds. The number of thiazole rings is 2. The lowest BCUT2D eigenvalue weighted by Crippen LogP contribution is -2.15. The van der Waals surface area contributed by atoms with E-state index in [1.807, 2.05) is 23.5 Å². The van der Waals surface area contributed by atoms with Gasteiger partial charge in [-0.1, -0.05) is 27.7 Å². The van der Waals surface area contributed by atoms with Crippen LogP contribution in [0.25, 0.3) is 20.4 Å².